The van der Waals surface area contributed by atoms with E-state index < -0.39 is 5.97 Å². The van der Waals surface area contributed by atoms with Crippen LogP contribution in [0.25, 0.3) is 0 Å². The van der Waals surface area contributed by atoms with Gasteiger partial charge >= 0.3 is 5.97 Å². The Morgan fingerprint density at radius 3 is 1.85 bits per heavy atom. The van der Waals surface area contributed by atoms with Crippen LogP contribution >= 0.6 is 0 Å². The molecule has 0 unspecified atom stereocenters. The van der Waals surface area contributed by atoms with Gasteiger partial charge in [0.25, 0.3) is 5.91 Å². The van der Waals surface area contributed by atoms with Crippen molar-refractivity contribution in [3.8, 4) is 0 Å². The van der Waals surface area contributed by atoms with Crippen LogP contribution in [0.15, 0.2) is 0 Å². The largest absolute Gasteiger partial charge is 0.344 e. The van der Waals surface area contributed by atoms with Gasteiger partial charge in [0.1, 0.15) is 0 Å². The summed E-state index contributed by atoms with van der Waals surface area (Å²) in [5.74, 6) is -0.606. The van der Waals surface area contributed by atoms with Crippen LogP contribution in [0, 0.1) is 0 Å². The molecule has 20 heavy (non-hydrogen) atoms. The highest BCUT2D eigenvalue weighted by Gasteiger charge is 2.04. The molecule has 1 amide bonds. The van der Waals surface area contributed by atoms with Crippen molar-refractivity contribution in [3.63, 3.8) is 0 Å². The first kappa shape index (κ1) is 21.2. The topological polar surface area (TPSA) is 90.4 Å². The number of hydrogen-bond acceptors (Lipinski definition) is 4. The summed E-state index contributed by atoms with van der Waals surface area (Å²) in [6, 6.07) is 0. The van der Waals surface area contributed by atoms with E-state index in [1.165, 1.54) is 44.9 Å². The number of carbonyl (C=O) groups is 2. The maximum Gasteiger partial charge on any atom is 0.331 e. The Morgan fingerprint density at radius 2 is 1.35 bits per heavy atom. The Hall–Kier alpha value is -1.10. The number of hydroxylamine groups is 1. The Labute approximate surface area is 123 Å². The van der Waals surface area contributed by atoms with Crippen molar-refractivity contribution in [3.05, 3.63) is 0 Å². The summed E-state index contributed by atoms with van der Waals surface area (Å²) >= 11 is 0. The van der Waals surface area contributed by atoms with Gasteiger partial charge in [-0.2, -0.15) is 5.48 Å². The van der Waals surface area contributed by atoms with Gasteiger partial charge in [-0.15, -0.1) is 0 Å². The van der Waals surface area contributed by atoms with Crippen molar-refractivity contribution >= 4 is 11.9 Å². The van der Waals surface area contributed by atoms with Gasteiger partial charge in [-0.05, 0) is 6.42 Å². The van der Waals surface area contributed by atoms with Gasteiger partial charge in [-0.25, -0.2) is 4.79 Å². The molecule has 0 heterocycles. The van der Waals surface area contributed by atoms with E-state index in [0.29, 0.717) is 6.42 Å². The van der Waals surface area contributed by atoms with Crippen molar-refractivity contribution in [1.29, 1.82) is 0 Å². The second kappa shape index (κ2) is 16.0. The van der Waals surface area contributed by atoms with Crippen molar-refractivity contribution in [2.45, 2.75) is 84.5 Å². The molecule has 5 nitrogen and oxygen atoms in total. The molecular weight excluding hydrogens is 256 g/mol. The van der Waals surface area contributed by atoms with Gasteiger partial charge < -0.3 is 11.0 Å². The van der Waals surface area contributed by atoms with E-state index in [9.17, 15) is 9.59 Å². The quantitative estimate of drug-likeness (QED) is 0.443. The van der Waals surface area contributed by atoms with Crippen LogP contribution in [-0.4, -0.2) is 11.9 Å². The Morgan fingerprint density at radius 1 is 0.850 bits per heavy atom. The molecule has 5 heteroatoms. The number of rotatable bonds is 11. The van der Waals surface area contributed by atoms with E-state index in [0.717, 1.165) is 12.8 Å². The lowest BCUT2D eigenvalue weighted by molar-refractivity contribution is -0.158. The van der Waals surface area contributed by atoms with Crippen molar-refractivity contribution in [2.75, 3.05) is 0 Å². The Bertz CT molecular complexity index is 245. The third-order valence-electron chi connectivity index (χ3n) is 3.07. The molecule has 0 saturated carbocycles. The number of hydrogen-bond donors (Lipinski definition) is 2. The van der Waals surface area contributed by atoms with Crippen LogP contribution in [0.1, 0.15) is 84.5 Å². The van der Waals surface area contributed by atoms with Gasteiger partial charge in [0, 0.05) is 12.8 Å². The van der Waals surface area contributed by atoms with Crippen LogP contribution in [-0.2, 0) is 14.4 Å². The fourth-order valence-corrected chi connectivity index (χ4v) is 1.83. The maximum absolute atomic E-state index is 11.3. The minimum Gasteiger partial charge on any atom is -0.344 e. The second-order valence-electron chi connectivity index (χ2n) is 4.93. The monoisotopic (exact) mass is 288 g/mol. The first-order valence-corrected chi connectivity index (χ1v) is 7.69. The minimum absolute atomic E-state index is 0. The molecular formula is C15H32N2O3. The highest BCUT2D eigenvalue weighted by Crippen LogP contribution is 2.10. The lowest BCUT2D eigenvalue weighted by Gasteiger charge is -2.04. The molecule has 0 rings (SSSR count). The molecule has 0 bridgehead atoms. The molecule has 0 spiro atoms. The molecule has 0 aromatic rings. The smallest absolute Gasteiger partial charge is 0.331 e. The molecule has 0 aromatic carbocycles. The van der Waals surface area contributed by atoms with Gasteiger partial charge in [0.05, 0.1) is 0 Å². The van der Waals surface area contributed by atoms with Crippen LogP contribution in [0.5, 0.6) is 0 Å². The normalized spacial score (nSPS) is 9.70. The number of amides is 1. The van der Waals surface area contributed by atoms with Crippen LogP contribution in [0.4, 0.5) is 0 Å². The Balaban J connectivity index is 0. The molecule has 0 atom stereocenters. The van der Waals surface area contributed by atoms with Crippen molar-refractivity contribution < 1.29 is 14.4 Å². The zero-order valence-electron chi connectivity index (χ0n) is 13.2. The predicted molar refractivity (Wildman–Crippen MR) is 81.4 cm³/mol. The van der Waals surface area contributed by atoms with Crippen LogP contribution in [0.3, 0.4) is 0 Å². The zero-order valence-corrected chi connectivity index (χ0v) is 13.2. The lowest BCUT2D eigenvalue weighted by atomic mass is 10.1. The molecule has 0 radical (unpaired) electrons. The van der Waals surface area contributed by atoms with Crippen LogP contribution < -0.4 is 11.6 Å². The van der Waals surface area contributed by atoms with Crippen molar-refractivity contribution in [1.82, 2.24) is 11.6 Å². The SMILES string of the molecule is CCCCCCCCCCCC(=O)NOC(=O)CC.N. The minimum atomic E-state index is -0.402. The van der Waals surface area contributed by atoms with E-state index in [-0.39, 0.29) is 18.5 Å². The number of nitrogens with one attached hydrogen (secondary N) is 1. The summed E-state index contributed by atoms with van der Waals surface area (Å²) in [6.45, 7) is 3.91. The summed E-state index contributed by atoms with van der Waals surface area (Å²) in [6.07, 6.45) is 11.7. The maximum atomic E-state index is 11.3. The summed E-state index contributed by atoms with van der Waals surface area (Å²) < 4.78 is 0. The van der Waals surface area contributed by atoms with Gasteiger partial charge in [-0.3, -0.25) is 4.79 Å². The van der Waals surface area contributed by atoms with E-state index in [2.05, 4.69) is 17.2 Å². The van der Waals surface area contributed by atoms with E-state index in [1.807, 2.05) is 0 Å². The van der Waals surface area contributed by atoms with E-state index >= 15 is 0 Å². The Kier molecular flexibility index (Phi) is 16.9. The summed E-state index contributed by atoms with van der Waals surface area (Å²) in [5, 5.41) is 0. The molecule has 120 valence electrons. The van der Waals surface area contributed by atoms with Gasteiger partial charge in [0.2, 0.25) is 0 Å². The molecule has 0 aliphatic carbocycles. The second-order valence-corrected chi connectivity index (χ2v) is 4.93. The summed E-state index contributed by atoms with van der Waals surface area (Å²) in [5.41, 5.74) is 2.17. The highest BCUT2D eigenvalue weighted by atomic mass is 16.7. The van der Waals surface area contributed by atoms with Gasteiger partial charge in [-0.1, -0.05) is 65.2 Å². The molecule has 0 saturated heterocycles. The van der Waals surface area contributed by atoms with Gasteiger partial charge in [0.15, 0.2) is 0 Å². The third kappa shape index (κ3) is 15.0. The fraction of sp³-hybridized carbons (Fsp3) is 0.867. The summed E-state index contributed by atoms with van der Waals surface area (Å²) in [4.78, 5) is 26.6. The first-order chi connectivity index (χ1) is 9.20. The highest BCUT2D eigenvalue weighted by molar-refractivity contribution is 5.77. The molecule has 0 aromatic heterocycles. The lowest BCUT2D eigenvalue weighted by Crippen LogP contribution is -2.26. The fourth-order valence-electron chi connectivity index (χ4n) is 1.83. The zero-order chi connectivity index (χ0) is 14.3. The van der Waals surface area contributed by atoms with E-state index in [4.69, 9.17) is 0 Å². The molecule has 0 aliphatic heterocycles. The molecule has 4 N–H and O–H groups in total. The third-order valence-corrected chi connectivity index (χ3v) is 3.07. The standard InChI is InChI=1S/C15H29NO3.H3N/c1-3-5-6-7-8-9-10-11-12-13-14(17)16-19-15(18)4-2;/h3-13H2,1-2H3,(H,16,17);1H3. The molecule has 0 fully saturated rings. The average Bonchev–Trinajstić information content (AvgIpc) is 2.42. The van der Waals surface area contributed by atoms with Crippen LogP contribution in [0.2, 0.25) is 0 Å². The summed E-state index contributed by atoms with van der Waals surface area (Å²) in [7, 11) is 0. The van der Waals surface area contributed by atoms with Crippen molar-refractivity contribution in [2.24, 2.45) is 0 Å². The average molecular weight is 288 g/mol. The molecule has 0 aliphatic rings. The predicted octanol–water partition coefficient (Wildman–Crippen LogP) is 4.05. The first-order valence-electron chi connectivity index (χ1n) is 7.69. The van der Waals surface area contributed by atoms with E-state index in [1.54, 1.807) is 6.92 Å². The number of unbranched alkanes of at least 4 members (excludes halogenated alkanes) is 8. The number of carbonyl (C=O) groups excluding carboxylic acids is 2.